The predicted molar refractivity (Wildman–Crippen MR) is 110 cm³/mol. The van der Waals surface area contributed by atoms with E-state index >= 15 is 0 Å². The predicted octanol–water partition coefficient (Wildman–Crippen LogP) is 1.97. The third-order valence-electron chi connectivity index (χ3n) is 5.70. The fourth-order valence-corrected chi connectivity index (χ4v) is 3.79. The molecule has 158 valence electrons. The second kappa shape index (κ2) is 9.76. The van der Waals surface area contributed by atoms with Crippen LogP contribution in [0.15, 0.2) is 24.3 Å². The Hall–Kier alpha value is -2.57. The third-order valence-corrected chi connectivity index (χ3v) is 5.70. The molecular formula is C22H31N3O4. The monoisotopic (exact) mass is 401 g/mol. The first-order valence-corrected chi connectivity index (χ1v) is 10.5. The van der Waals surface area contributed by atoms with E-state index in [1.807, 2.05) is 11.8 Å². The molecule has 2 aliphatic rings. The van der Waals surface area contributed by atoms with E-state index in [0.717, 1.165) is 19.3 Å². The van der Waals surface area contributed by atoms with Gasteiger partial charge in [-0.25, -0.2) is 0 Å². The molecule has 1 saturated heterocycles. The number of benzene rings is 1. The second-order valence-electron chi connectivity index (χ2n) is 7.91. The fourth-order valence-electron chi connectivity index (χ4n) is 3.79. The molecule has 29 heavy (non-hydrogen) atoms. The van der Waals surface area contributed by atoms with Gasteiger partial charge in [-0.3, -0.25) is 14.4 Å². The molecular weight excluding hydrogens is 370 g/mol. The van der Waals surface area contributed by atoms with Crippen LogP contribution in [0.3, 0.4) is 0 Å². The van der Waals surface area contributed by atoms with Gasteiger partial charge in [0.05, 0.1) is 7.11 Å². The van der Waals surface area contributed by atoms with Crippen molar-refractivity contribution in [1.82, 2.24) is 15.5 Å². The highest BCUT2D eigenvalue weighted by Crippen LogP contribution is 2.33. The average Bonchev–Trinajstić information content (AvgIpc) is 3.60. The van der Waals surface area contributed by atoms with Gasteiger partial charge in [0.1, 0.15) is 11.8 Å². The summed E-state index contributed by atoms with van der Waals surface area (Å²) in [7, 11) is 1.55. The summed E-state index contributed by atoms with van der Waals surface area (Å²) in [6.07, 6.45) is 4.24. The molecule has 1 heterocycles. The molecule has 3 rings (SSSR count). The lowest BCUT2D eigenvalue weighted by Crippen LogP contribution is -2.54. The van der Waals surface area contributed by atoms with Gasteiger partial charge >= 0.3 is 0 Å². The number of hydrogen-bond donors (Lipinski definition) is 2. The highest BCUT2D eigenvalue weighted by atomic mass is 16.5. The summed E-state index contributed by atoms with van der Waals surface area (Å²) in [4.78, 5) is 39.8. The van der Waals surface area contributed by atoms with Crippen LogP contribution in [0.4, 0.5) is 0 Å². The van der Waals surface area contributed by atoms with Crippen molar-refractivity contribution in [3.63, 3.8) is 0 Å². The second-order valence-corrected chi connectivity index (χ2v) is 7.91. The molecule has 1 aromatic rings. The van der Waals surface area contributed by atoms with E-state index in [0.29, 0.717) is 43.8 Å². The number of amides is 3. The number of hydrogen-bond acceptors (Lipinski definition) is 4. The van der Waals surface area contributed by atoms with E-state index < -0.39 is 6.04 Å². The minimum absolute atomic E-state index is 0.00432. The van der Waals surface area contributed by atoms with Crippen LogP contribution in [0.2, 0.25) is 0 Å². The first-order valence-electron chi connectivity index (χ1n) is 10.5. The van der Waals surface area contributed by atoms with Crippen LogP contribution < -0.4 is 15.4 Å². The van der Waals surface area contributed by atoms with Crippen molar-refractivity contribution in [2.24, 2.45) is 11.8 Å². The van der Waals surface area contributed by atoms with Crippen molar-refractivity contribution < 1.29 is 19.1 Å². The van der Waals surface area contributed by atoms with Gasteiger partial charge in [0.15, 0.2) is 0 Å². The Morgan fingerprint density at radius 1 is 1.17 bits per heavy atom. The number of rotatable bonds is 8. The Labute approximate surface area is 172 Å². The zero-order valence-corrected chi connectivity index (χ0v) is 17.3. The quantitative estimate of drug-likeness (QED) is 0.697. The summed E-state index contributed by atoms with van der Waals surface area (Å²) in [6.45, 7) is 3.86. The molecule has 7 nitrogen and oxygen atoms in total. The maximum Gasteiger partial charge on any atom is 0.252 e. The largest absolute Gasteiger partial charge is 0.497 e. The molecule has 7 heteroatoms. The molecule has 2 fully saturated rings. The number of methoxy groups -OCH3 is 1. The fraction of sp³-hybridized carbons (Fsp3) is 0.591. The van der Waals surface area contributed by atoms with Crippen molar-refractivity contribution in [3.05, 3.63) is 29.8 Å². The van der Waals surface area contributed by atoms with Gasteiger partial charge in [-0.2, -0.15) is 0 Å². The Kier molecular flexibility index (Phi) is 7.12. The Balaban J connectivity index is 1.66. The van der Waals surface area contributed by atoms with Gasteiger partial charge in [-0.05, 0) is 56.2 Å². The highest BCUT2D eigenvalue weighted by Gasteiger charge is 2.38. The molecule has 1 aromatic carbocycles. The zero-order valence-electron chi connectivity index (χ0n) is 17.3. The number of ether oxygens (including phenoxy) is 1. The number of carbonyl (C=O) groups excluding carboxylic acids is 3. The summed E-state index contributed by atoms with van der Waals surface area (Å²) in [6, 6.07) is 6.28. The Morgan fingerprint density at radius 2 is 1.90 bits per heavy atom. The van der Waals surface area contributed by atoms with E-state index in [1.54, 1.807) is 31.4 Å². The van der Waals surface area contributed by atoms with Crippen LogP contribution >= 0.6 is 0 Å². The summed E-state index contributed by atoms with van der Waals surface area (Å²) < 4.78 is 5.19. The number of nitrogens with zero attached hydrogens (tertiary/aromatic N) is 1. The standard InChI is InChI=1S/C22H31N3O4/c1-3-11-23-21(27)19(24-20(26)17-5-4-6-18(14-17)29-2)15-9-12-25(13-10-15)22(28)16-7-8-16/h4-6,14-16,19H,3,7-13H2,1-2H3,(H,23,27)(H,24,26)/t19-/m1/s1. The van der Waals surface area contributed by atoms with Crippen LogP contribution in [0.5, 0.6) is 5.75 Å². The highest BCUT2D eigenvalue weighted by molar-refractivity contribution is 5.98. The first kappa shape index (κ1) is 21.1. The van der Waals surface area contributed by atoms with Gasteiger partial charge < -0.3 is 20.3 Å². The number of carbonyl (C=O) groups is 3. The summed E-state index contributed by atoms with van der Waals surface area (Å²) in [5.41, 5.74) is 0.457. The van der Waals surface area contributed by atoms with Gasteiger partial charge in [0.25, 0.3) is 5.91 Å². The maximum atomic E-state index is 12.8. The molecule has 2 N–H and O–H groups in total. The van der Waals surface area contributed by atoms with Crippen molar-refractivity contribution in [1.29, 1.82) is 0 Å². The van der Waals surface area contributed by atoms with Crippen LogP contribution in [0.1, 0.15) is 49.4 Å². The minimum Gasteiger partial charge on any atom is -0.497 e. The molecule has 0 aromatic heterocycles. The summed E-state index contributed by atoms with van der Waals surface area (Å²) in [5.74, 6) is 0.604. The van der Waals surface area contributed by atoms with Crippen LogP contribution in [-0.2, 0) is 9.59 Å². The number of nitrogens with one attached hydrogen (secondary N) is 2. The van der Waals surface area contributed by atoms with Crippen LogP contribution in [0.25, 0.3) is 0 Å². The molecule has 0 bridgehead atoms. The first-order chi connectivity index (χ1) is 14.0. The molecule has 0 unspecified atom stereocenters. The summed E-state index contributed by atoms with van der Waals surface area (Å²) >= 11 is 0. The van der Waals surface area contributed by atoms with E-state index in [-0.39, 0.29) is 29.6 Å². The lowest BCUT2D eigenvalue weighted by Gasteiger charge is -2.36. The van der Waals surface area contributed by atoms with Crippen molar-refractivity contribution in [2.75, 3.05) is 26.7 Å². The number of likely N-dealkylation sites (tertiary alicyclic amines) is 1. The average molecular weight is 402 g/mol. The van der Waals surface area contributed by atoms with Gasteiger partial charge in [0.2, 0.25) is 11.8 Å². The number of piperidine rings is 1. The van der Waals surface area contributed by atoms with Gasteiger partial charge in [-0.1, -0.05) is 13.0 Å². The lowest BCUT2D eigenvalue weighted by atomic mass is 9.88. The van der Waals surface area contributed by atoms with E-state index in [2.05, 4.69) is 10.6 Å². The molecule has 3 amide bonds. The van der Waals surface area contributed by atoms with Crippen molar-refractivity contribution >= 4 is 17.7 Å². The van der Waals surface area contributed by atoms with Crippen LogP contribution in [-0.4, -0.2) is 55.4 Å². The minimum atomic E-state index is -0.613. The molecule has 0 spiro atoms. The topological polar surface area (TPSA) is 87.7 Å². The zero-order chi connectivity index (χ0) is 20.8. The van der Waals surface area contributed by atoms with E-state index in [9.17, 15) is 14.4 Å². The maximum absolute atomic E-state index is 12.8. The van der Waals surface area contributed by atoms with Crippen LogP contribution in [0, 0.1) is 11.8 Å². The smallest absolute Gasteiger partial charge is 0.252 e. The third kappa shape index (κ3) is 5.49. The molecule has 1 aliphatic carbocycles. The Bertz CT molecular complexity index is 739. The lowest BCUT2D eigenvalue weighted by molar-refractivity contribution is -0.134. The van der Waals surface area contributed by atoms with Crippen molar-refractivity contribution in [3.8, 4) is 5.75 Å². The van der Waals surface area contributed by atoms with E-state index in [4.69, 9.17) is 4.74 Å². The molecule has 1 aliphatic heterocycles. The normalized spacial score (nSPS) is 18.1. The van der Waals surface area contributed by atoms with Gasteiger partial charge in [-0.15, -0.1) is 0 Å². The summed E-state index contributed by atoms with van der Waals surface area (Å²) in [5, 5.41) is 5.84. The van der Waals surface area contributed by atoms with Gasteiger partial charge in [0, 0.05) is 31.1 Å². The SMILES string of the molecule is CCCNC(=O)[C@H](NC(=O)c1cccc(OC)c1)C1CCN(C(=O)C2CC2)CC1. The Morgan fingerprint density at radius 3 is 2.52 bits per heavy atom. The van der Waals surface area contributed by atoms with Crippen molar-refractivity contribution in [2.45, 2.75) is 45.1 Å². The molecule has 0 radical (unpaired) electrons. The molecule has 1 saturated carbocycles. The molecule has 1 atom stereocenters. The van der Waals surface area contributed by atoms with E-state index in [1.165, 1.54) is 0 Å².